The first-order valence-corrected chi connectivity index (χ1v) is 7.52. The maximum Gasteiger partial charge on any atom is 0.196 e. The van der Waals surface area contributed by atoms with Gasteiger partial charge in [0.25, 0.3) is 0 Å². The molecule has 0 atom stereocenters. The summed E-state index contributed by atoms with van der Waals surface area (Å²) >= 11 is 9.28. The Labute approximate surface area is 131 Å². The lowest BCUT2D eigenvalue weighted by Gasteiger charge is -2.10. The molecule has 0 unspecified atom stereocenters. The minimum atomic E-state index is -0.0749. The highest BCUT2D eigenvalue weighted by Crippen LogP contribution is 2.27. The van der Waals surface area contributed by atoms with Crippen LogP contribution in [0.15, 0.2) is 46.9 Å². The van der Waals surface area contributed by atoms with Crippen LogP contribution in [0.2, 0.25) is 5.02 Å². The maximum absolute atomic E-state index is 12.5. The predicted molar refractivity (Wildman–Crippen MR) is 84.8 cm³/mol. The van der Waals surface area contributed by atoms with Crippen LogP contribution < -0.4 is 4.74 Å². The molecule has 0 fully saturated rings. The van der Waals surface area contributed by atoms with E-state index in [1.54, 1.807) is 24.3 Å². The Morgan fingerprint density at radius 2 is 2.00 bits per heavy atom. The average molecular weight is 354 g/mol. The molecule has 0 aromatic heterocycles. The zero-order chi connectivity index (χ0) is 14.5. The first kappa shape index (κ1) is 15.1. The molecule has 0 heterocycles. The Bertz CT molecular complexity index is 626. The third kappa shape index (κ3) is 3.41. The first-order valence-electron chi connectivity index (χ1n) is 6.35. The number of para-hydroxylation sites is 1. The van der Waals surface area contributed by atoms with Gasteiger partial charge in [0, 0.05) is 10.0 Å². The van der Waals surface area contributed by atoms with Crippen molar-refractivity contribution in [2.45, 2.75) is 13.3 Å². The van der Waals surface area contributed by atoms with Crippen LogP contribution in [0.1, 0.15) is 29.3 Å². The molecule has 2 aromatic rings. The van der Waals surface area contributed by atoms with Crippen molar-refractivity contribution in [1.29, 1.82) is 0 Å². The molecule has 0 aliphatic rings. The van der Waals surface area contributed by atoms with Gasteiger partial charge < -0.3 is 4.74 Å². The van der Waals surface area contributed by atoms with Crippen LogP contribution in [-0.4, -0.2) is 12.4 Å². The number of hydrogen-bond donors (Lipinski definition) is 0. The molecule has 0 saturated heterocycles. The third-order valence-corrected chi connectivity index (χ3v) is 3.99. The molecule has 20 heavy (non-hydrogen) atoms. The normalized spacial score (nSPS) is 10.3. The molecule has 0 bridgehead atoms. The van der Waals surface area contributed by atoms with E-state index in [9.17, 15) is 4.79 Å². The van der Waals surface area contributed by atoms with Crippen molar-refractivity contribution in [1.82, 2.24) is 0 Å². The number of rotatable bonds is 5. The highest BCUT2D eigenvalue weighted by Gasteiger charge is 2.15. The molecular weight excluding hydrogens is 340 g/mol. The molecule has 0 amide bonds. The Kier molecular flexibility index (Phi) is 5.21. The smallest absolute Gasteiger partial charge is 0.196 e. The topological polar surface area (TPSA) is 26.3 Å². The number of halogens is 2. The van der Waals surface area contributed by atoms with E-state index in [0.29, 0.717) is 33.0 Å². The van der Waals surface area contributed by atoms with Gasteiger partial charge in [-0.1, -0.05) is 30.7 Å². The van der Waals surface area contributed by atoms with Crippen LogP contribution in [0.3, 0.4) is 0 Å². The summed E-state index contributed by atoms with van der Waals surface area (Å²) in [5.41, 5.74) is 1.14. The number of ether oxygens (including phenoxy) is 1. The van der Waals surface area contributed by atoms with E-state index in [1.807, 2.05) is 25.1 Å². The van der Waals surface area contributed by atoms with Crippen LogP contribution in [-0.2, 0) is 0 Å². The number of benzene rings is 2. The largest absolute Gasteiger partial charge is 0.493 e. The van der Waals surface area contributed by atoms with Gasteiger partial charge in [0.05, 0.1) is 17.2 Å². The highest BCUT2D eigenvalue weighted by atomic mass is 79.9. The van der Waals surface area contributed by atoms with E-state index in [0.717, 1.165) is 6.42 Å². The Balaban J connectivity index is 2.35. The average Bonchev–Trinajstić information content (AvgIpc) is 2.47. The van der Waals surface area contributed by atoms with Gasteiger partial charge in [-0.25, -0.2) is 0 Å². The molecule has 0 aliphatic heterocycles. The maximum atomic E-state index is 12.5. The summed E-state index contributed by atoms with van der Waals surface area (Å²) in [5.74, 6) is 0.541. The SMILES string of the molecule is CCCOc1ccccc1C(=O)c1ccc(Cl)c(Br)c1. The summed E-state index contributed by atoms with van der Waals surface area (Å²) in [5, 5.41) is 0.581. The third-order valence-electron chi connectivity index (χ3n) is 2.78. The molecule has 4 heteroatoms. The lowest BCUT2D eigenvalue weighted by molar-refractivity contribution is 0.103. The predicted octanol–water partition coefficient (Wildman–Crippen LogP) is 5.12. The van der Waals surface area contributed by atoms with E-state index in [1.165, 1.54) is 0 Å². The summed E-state index contributed by atoms with van der Waals surface area (Å²) in [6.07, 6.45) is 0.898. The Morgan fingerprint density at radius 1 is 1.25 bits per heavy atom. The summed E-state index contributed by atoms with van der Waals surface area (Å²) in [7, 11) is 0. The minimum Gasteiger partial charge on any atom is -0.493 e. The fourth-order valence-electron chi connectivity index (χ4n) is 1.78. The molecule has 104 valence electrons. The van der Waals surface area contributed by atoms with E-state index < -0.39 is 0 Å². The van der Waals surface area contributed by atoms with Crippen molar-refractivity contribution in [3.63, 3.8) is 0 Å². The number of carbonyl (C=O) groups excluding carboxylic acids is 1. The minimum absolute atomic E-state index is 0.0749. The van der Waals surface area contributed by atoms with Gasteiger partial charge in [-0.2, -0.15) is 0 Å². The fraction of sp³-hybridized carbons (Fsp3) is 0.188. The Hall–Kier alpha value is -1.32. The summed E-state index contributed by atoms with van der Waals surface area (Å²) in [6.45, 7) is 2.62. The molecule has 2 nitrogen and oxygen atoms in total. The van der Waals surface area contributed by atoms with E-state index in [2.05, 4.69) is 15.9 Å². The van der Waals surface area contributed by atoms with Crippen molar-refractivity contribution in [2.75, 3.05) is 6.61 Å². The van der Waals surface area contributed by atoms with Gasteiger partial charge in [-0.15, -0.1) is 0 Å². The van der Waals surface area contributed by atoms with E-state index in [4.69, 9.17) is 16.3 Å². The molecule has 0 saturated carbocycles. The number of hydrogen-bond acceptors (Lipinski definition) is 2. The van der Waals surface area contributed by atoms with E-state index in [-0.39, 0.29) is 5.78 Å². The summed E-state index contributed by atoms with van der Waals surface area (Å²) < 4.78 is 6.33. The zero-order valence-corrected chi connectivity index (χ0v) is 13.4. The molecular formula is C16H14BrClO2. The van der Waals surface area contributed by atoms with Crippen LogP contribution in [0, 0.1) is 0 Å². The van der Waals surface area contributed by atoms with Crippen LogP contribution in [0.25, 0.3) is 0 Å². The molecule has 0 radical (unpaired) electrons. The molecule has 0 aliphatic carbocycles. The van der Waals surface area contributed by atoms with Gasteiger partial charge in [0.1, 0.15) is 5.75 Å². The monoisotopic (exact) mass is 352 g/mol. The highest BCUT2D eigenvalue weighted by molar-refractivity contribution is 9.10. The van der Waals surface area contributed by atoms with Crippen molar-refractivity contribution in [2.24, 2.45) is 0 Å². The zero-order valence-electron chi connectivity index (χ0n) is 11.0. The lowest BCUT2D eigenvalue weighted by Crippen LogP contribution is -2.06. The van der Waals surface area contributed by atoms with Crippen molar-refractivity contribution in [3.8, 4) is 5.75 Å². The second-order valence-electron chi connectivity index (χ2n) is 4.30. The van der Waals surface area contributed by atoms with Crippen molar-refractivity contribution < 1.29 is 9.53 Å². The van der Waals surface area contributed by atoms with Crippen LogP contribution in [0.5, 0.6) is 5.75 Å². The van der Waals surface area contributed by atoms with Gasteiger partial charge in [0.2, 0.25) is 0 Å². The standard InChI is InChI=1S/C16H14BrClO2/c1-2-9-20-15-6-4-3-5-12(15)16(19)11-7-8-14(18)13(17)10-11/h3-8,10H,2,9H2,1H3. The second kappa shape index (κ2) is 6.91. The fourth-order valence-corrected chi connectivity index (χ4v) is 2.28. The van der Waals surface area contributed by atoms with Gasteiger partial charge in [-0.05, 0) is 52.7 Å². The Morgan fingerprint density at radius 3 is 2.70 bits per heavy atom. The first-order chi connectivity index (χ1) is 9.63. The quantitative estimate of drug-likeness (QED) is 0.697. The number of ketones is 1. The molecule has 0 spiro atoms. The molecule has 2 rings (SSSR count). The van der Waals surface area contributed by atoms with Gasteiger partial charge in [0.15, 0.2) is 5.78 Å². The van der Waals surface area contributed by atoms with Crippen LogP contribution >= 0.6 is 27.5 Å². The van der Waals surface area contributed by atoms with Crippen LogP contribution in [0.4, 0.5) is 0 Å². The summed E-state index contributed by atoms with van der Waals surface area (Å²) in [4.78, 5) is 12.5. The second-order valence-corrected chi connectivity index (χ2v) is 5.56. The lowest BCUT2D eigenvalue weighted by atomic mass is 10.0. The molecule has 2 aromatic carbocycles. The van der Waals surface area contributed by atoms with Crippen molar-refractivity contribution >= 4 is 33.3 Å². The van der Waals surface area contributed by atoms with Gasteiger partial charge in [-0.3, -0.25) is 4.79 Å². The van der Waals surface area contributed by atoms with E-state index >= 15 is 0 Å². The molecule has 0 N–H and O–H groups in total. The number of carbonyl (C=O) groups is 1. The summed E-state index contributed by atoms with van der Waals surface area (Å²) in [6, 6.07) is 12.4. The van der Waals surface area contributed by atoms with Crippen molar-refractivity contribution in [3.05, 3.63) is 63.1 Å². The van der Waals surface area contributed by atoms with Gasteiger partial charge >= 0.3 is 0 Å².